The summed E-state index contributed by atoms with van der Waals surface area (Å²) in [5.74, 6) is 1.26. The summed E-state index contributed by atoms with van der Waals surface area (Å²) >= 11 is 9.53. The van der Waals surface area contributed by atoms with Gasteiger partial charge in [0, 0.05) is 5.02 Å². The lowest BCUT2D eigenvalue weighted by Gasteiger charge is -2.15. The van der Waals surface area contributed by atoms with E-state index in [1.165, 1.54) is 0 Å². The summed E-state index contributed by atoms with van der Waals surface area (Å²) in [7, 11) is 0. The van der Waals surface area contributed by atoms with Gasteiger partial charge in [-0.3, -0.25) is 0 Å². The molecule has 3 aromatic carbocycles. The summed E-state index contributed by atoms with van der Waals surface area (Å²) in [6.45, 7) is 2.86. The van der Waals surface area contributed by atoms with Crippen molar-refractivity contribution in [1.82, 2.24) is 0 Å². The number of ether oxygens (including phenoxy) is 2. The molecule has 0 aromatic heterocycles. The quantitative estimate of drug-likeness (QED) is 0.273. The van der Waals surface area contributed by atoms with Crippen LogP contribution in [0.1, 0.15) is 23.6 Å². The van der Waals surface area contributed by atoms with Gasteiger partial charge >= 0.3 is 0 Å². The topological polar surface area (TPSA) is 42.2 Å². The molecule has 0 aliphatic heterocycles. The van der Waals surface area contributed by atoms with E-state index in [1.807, 2.05) is 67.6 Å². The van der Waals surface area contributed by atoms with Gasteiger partial charge in [0.2, 0.25) is 0 Å². The number of nitrogens with zero attached hydrogens (tertiary/aromatic N) is 1. The summed E-state index contributed by atoms with van der Waals surface area (Å²) in [6, 6.07) is 23.2. The molecule has 0 N–H and O–H groups in total. The van der Waals surface area contributed by atoms with Gasteiger partial charge in [-0.05, 0) is 69.9 Å². The number of allylic oxidation sites excluding steroid dienone is 1. The van der Waals surface area contributed by atoms with Crippen LogP contribution in [0.15, 0.2) is 71.2 Å². The van der Waals surface area contributed by atoms with Crippen molar-refractivity contribution in [3.05, 3.63) is 92.9 Å². The van der Waals surface area contributed by atoms with Crippen LogP contribution in [0.5, 0.6) is 11.5 Å². The molecule has 0 fully saturated rings. The molecule has 0 unspecified atom stereocenters. The molecule has 0 saturated carbocycles. The largest absolute Gasteiger partial charge is 0.490 e. The van der Waals surface area contributed by atoms with Gasteiger partial charge in [-0.1, -0.05) is 54.1 Å². The first kappa shape index (κ1) is 21.0. The van der Waals surface area contributed by atoms with E-state index < -0.39 is 0 Å². The van der Waals surface area contributed by atoms with Crippen molar-refractivity contribution in [2.24, 2.45) is 0 Å². The second-order valence-electron chi connectivity index (χ2n) is 6.21. The smallest absolute Gasteiger partial charge is 0.175 e. The summed E-state index contributed by atoms with van der Waals surface area (Å²) in [6.07, 6.45) is 1.82. The van der Waals surface area contributed by atoms with Gasteiger partial charge in [-0.2, -0.15) is 5.26 Å². The van der Waals surface area contributed by atoms with Crippen molar-refractivity contribution in [2.45, 2.75) is 13.5 Å². The first-order valence-corrected chi connectivity index (χ1v) is 10.3. The molecule has 0 spiro atoms. The molecule has 0 bridgehead atoms. The van der Waals surface area contributed by atoms with Crippen LogP contribution < -0.4 is 9.47 Å². The molecule has 0 aliphatic rings. The Morgan fingerprint density at radius 1 is 1.07 bits per heavy atom. The Labute approximate surface area is 184 Å². The van der Waals surface area contributed by atoms with E-state index in [4.69, 9.17) is 21.1 Å². The van der Waals surface area contributed by atoms with Gasteiger partial charge in [0.15, 0.2) is 11.5 Å². The molecule has 0 heterocycles. The number of benzene rings is 3. The Bertz CT molecular complexity index is 1040. The molecule has 0 atom stereocenters. The molecule has 0 aliphatic carbocycles. The molecule has 5 heteroatoms. The minimum atomic E-state index is 0.433. The van der Waals surface area contributed by atoms with Gasteiger partial charge in [0.05, 0.1) is 22.7 Å². The van der Waals surface area contributed by atoms with Crippen LogP contribution in [0.2, 0.25) is 5.02 Å². The SMILES string of the molecule is CCOc1cc(/C=C(/C#N)c2ccc(Cl)cc2)cc(Br)c1OCc1ccccc1. The molecule has 3 aromatic rings. The van der Waals surface area contributed by atoms with Crippen molar-refractivity contribution >= 4 is 39.2 Å². The van der Waals surface area contributed by atoms with Crippen molar-refractivity contribution < 1.29 is 9.47 Å². The summed E-state index contributed by atoms with van der Waals surface area (Å²) < 4.78 is 12.6. The molecule has 0 saturated heterocycles. The van der Waals surface area contributed by atoms with E-state index in [0.29, 0.717) is 35.3 Å². The van der Waals surface area contributed by atoms with Crippen LogP contribution >= 0.6 is 27.5 Å². The van der Waals surface area contributed by atoms with Crippen LogP contribution in [0.4, 0.5) is 0 Å². The first-order valence-electron chi connectivity index (χ1n) is 9.11. The zero-order chi connectivity index (χ0) is 20.6. The summed E-state index contributed by atoms with van der Waals surface area (Å²) in [4.78, 5) is 0. The number of hydrogen-bond donors (Lipinski definition) is 0. The second-order valence-corrected chi connectivity index (χ2v) is 7.50. The Morgan fingerprint density at radius 2 is 1.79 bits per heavy atom. The van der Waals surface area contributed by atoms with E-state index in [9.17, 15) is 5.26 Å². The zero-order valence-electron chi connectivity index (χ0n) is 15.9. The fourth-order valence-electron chi connectivity index (χ4n) is 2.78. The normalized spacial score (nSPS) is 11.0. The molecule has 146 valence electrons. The molecular weight excluding hydrogens is 450 g/mol. The fourth-order valence-corrected chi connectivity index (χ4v) is 3.48. The highest BCUT2D eigenvalue weighted by molar-refractivity contribution is 9.10. The minimum absolute atomic E-state index is 0.433. The maximum atomic E-state index is 9.60. The lowest BCUT2D eigenvalue weighted by atomic mass is 10.0. The van der Waals surface area contributed by atoms with Crippen LogP contribution in [-0.2, 0) is 6.61 Å². The van der Waals surface area contributed by atoms with Crippen LogP contribution in [0.25, 0.3) is 11.6 Å². The van der Waals surface area contributed by atoms with Gasteiger partial charge in [-0.25, -0.2) is 0 Å². The third-order valence-corrected chi connectivity index (χ3v) is 4.99. The average molecular weight is 469 g/mol. The van der Waals surface area contributed by atoms with E-state index in [1.54, 1.807) is 12.1 Å². The third-order valence-electron chi connectivity index (χ3n) is 4.14. The monoisotopic (exact) mass is 467 g/mol. The van der Waals surface area contributed by atoms with E-state index in [-0.39, 0.29) is 0 Å². The Morgan fingerprint density at radius 3 is 2.45 bits per heavy atom. The molecule has 0 amide bonds. The zero-order valence-corrected chi connectivity index (χ0v) is 18.2. The van der Waals surface area contributed by atoms with Gasteiger partial charge < -0.3 is 9.47 Å². The van der Waals surface area contributed by atoms with Gasteiger partial charge in [0.25, 0.3) is 0 Å². The Hall–Kier alpha value is -2.74. The highest BCUT2D eigenvalue weighted by Gasteiger charge is 2.13. The third kappa shape index (κ3) is 5.63. The highest BCUT2D eigenvalue weighted by Crippen LogP contribution is 2.38. The number of hydrogen-bond acceptors (Lipinski definition) is 3. The maximum Gasteiger partial charge on any atom is 0.175 e. The van der Waals surface area contributed by atoms with Crippen LogP contribution in [0.3, 0.4) is 0 Å². The Balaban J connectivity index is 1.92. The molecule has 0 radical (unpaired) electrons. The van der Waals surface area contributed by atoms with Crippen LogP contribution in [0, 0.1) is 11.3 Å². The van der Waals surface area contributed by atoms with E-state index >= 15 is 0 Å². The Kier molecular flexibility index (Phi) is 7.35. The lowest BCUT2D eigenvalue weighted by molar-refractivity contribution is 0.267. The first-order chi connectivity index (χ1) is 14.1. The average Bonchev–Trinajstić information content (AvgIpc) is 2.73. The molecular formula is C24H19BrClNO2. The van der Waals surface area contributed by atoms with Crippen molar-refractivity contribution in [2.75, 3.05) is 6.61 Å². The van der Waals surface area contributed by atoms with Gasteiger partial charge in [-0.15, -0.1) is 0 Å². The van der Waals surface area contributed by atoms with Crippen molar-refractivity contribution in [3.63, 3.8) is 0 Å². The second kappa shape index (κ2) is 10.2. The molecule has 29 heavy (non-hydrogen) atoms. The number of nitriles is 1. The van der Waals surface area contributed by atoms with Gasteiger partial charge in [0.1, 0.15) is 6.61 Å². The predicted octanol–water partition coefficient (Wildman–Crippen LogP) is 7.14. The standard InChI is InChI=1S/C24H19BrClNO2/c1-2-28-23-14-18(12-20(15-27)19-8-10-21(26)11-9-19)13-22(25)24(23)29-16-17-6-4-3-5-7-17/h3-14H,2,16H2,1H3/b20-12-. The molecule has 3 rings (SSSR count). The summed E-state index contributed by atoms with van der Waals surface area (Å²) in [5, 5.41) is 10.2. The predicted molar refractivity (Wildman–Crippen MR) is 121 cm³/mol. The lowest BCUT2D eigenvalue weighted by Crippen LogP contribution is -2.01. The van der Waals surface area contributed by atoms with Crippen LogP contribution in [-0.4, -0.2) is 6.61 Å². The number of halogens is 2. The minimum Gasteiger partial charge on any atom is -0.490 e. The van der Waals surface area contributed by atoms with E-state index in [2.05, 4.69) is 22.0 Å². The van der Waals surface area contributed by atoms with Crippen molar-refractivity contribution in [3.8, 4) is 17.6 Å². The molecule has 3 nitrogen and oxygen atoms in total. The van der Waals surface area contributed by atoms with Crippen molar-refractivity contribution in [1.29, 1.82) is 5.26 Å². The van der Waals surface area contributed by atoms with E-state index in [0.717, 1.165) is 21.2 Å². The maximum absolute atomic E-state index is 9.60. The highest BCUT2D eigenvalue weighted by atomic mass is 79.9. The fraction of sp³-hybridized carbons (Fsp3) is 0.125. The number of rotatable bonds is 7. The summed E-state index contributed by atoms with van der Waals surface area (Å²) in [5.41, 5.74) is 3.24.